The molecule has 0 saturated carbocycles. The molecule has 0 fully saturated rings. The van der Waals surface area contributed by atoms with Gasteiger partial charge in [-0.3, -0.25) is 0 Å². The van der Waals surface area contributed by atoms with Gasteiger partial charge in [0.2, 0.25) is 0 Å². The second kappa shape index (κ2) is 4.11. The van der Waals surface area contributed by atoms with Crippen LogP contribution < -0.4 is 5.73 Å². The van der Waals surface area contributed by atoms with Crippen molar-refractivity contribution in [3.8, 4) is 11.3 Å². The van der Waals surface area contributed by atoms with E-state index >= 15 is 0 Å². The van der Waals surface area contributed by atoms with E-state index in [4.69, 9.17) is 10.2 Å². The summed E-state index contributed by atoms with van der Waals surface area (Å²) < 4.78 is 5.29. The first-order valence-corrected chi connectivity index (χ1v) is 4.73. The Hall–Kier alpha value is -1.54. The van der Waals surface area contributed by atoms with Gasteiger partial charge in [0.15, 0.2) is 0 Å². The molecule has 0 atom stereocenters. The van der Waals surface area contributed by atoms with Crippen LogP contribution in [0.5, 0.6) is 0 Å². The highest BCUT2D eigenvalue weighted by Crippen LogP contribution is 2.19. The highest BCUT2D eigenvalue weighted by molar-refractivity contribution is 5.57. The summed E-state index contributed by atoms with van der Waals surface area (Å²) in [5, 5.41) is 0. The second-order valence-corrected chi connectivity index (χ2v) is 3.21. The Morgan fingerprint density at radius 2 is 1.86 bits per heavy atom. The number of hydrogen-bond acceptors (Lipinski definition) is 2. The molecule has 1 aromatic heterocycles. The van der Waals surface area contributed by atoms with Crippen molar-refractivity contribution in [1.29, 1.82) is 0 Å². The largest absolute Gasteiger partial charge is 0.464 e. The van der Waals surface area contributed by atoms with Crippen LogP contribution in [0.15, 0.2) is 47.1 Å². The van der Waals surface area contributed by atoms with Gasteiger partial charge in [0.1, 0.15) is 5.76 Å². The van der Waals surface area contributed by atoms with Gasteiger partial charge in [-0.25, -0.2) is 0 Å². The van der Waals surface area contributed by atoms with Crippen molar-refractivity contribution >= 4 is 0 Å². The van der Waals surface area contributed by atoms with Gasteiger partial charge in [0, 0.05) is 5.56 Å². The maximum Gasteiger partial charge on any atom is 0.133 e. The third-order valence-electron chi connectivity index (χ3n) is 2.19. The van der Waals surface area contributed by atoms with Crippen molar-refractivity contribution < 1.29 is 4.42 Å². The number of furan rings is 1. The van der Waals surface area contributed by atoms with Gasteiger partial charge in [-0.05, 0) is 30.7 Å². The summed E-state index contributed by atoms with van der Waals surface area (Å²) in [6.45, 7) is 0.695. The van der Waals surface area contributed by atoms with E-state index in [1.165, 1.54) is 5.56 Å². The molecule has 0 spiro atoms. The van der Waals surface area contributed by atoms with Crippen LogP contribution in [0.4, 0.5) is 0 Å². The fourth-order valence-corrected chi connectivity index (χ4v) is 1.45. The van der Waals surface area contributed by atoms with Crippen LogP contribution in [0.2, 0.25) is 0 Å². The maximum atomic E-state index is 5.47. The minimum atomic E-state index is 0.695. The quantitative estimate of drug-likeness (QED) is 0.801. The molecule has 0 unspecified atom stereocenters. The fraction of sp³-hybridized carbons (Fsp3) is 0.167. The molecule has 72 valence electrons. The minimum absolute atomic E-state index is 0.695. The molecule has 2 aromatic rings. The Bertz CT molecular complexity index is 375. The zero-order chi connectivity index (χ0) is 9.80. The zero-order valence-corrected chi connectivity index (χ0v) is 7.94. The van der Waals surface area contributed by atoms with Crippen LogP contribution in [0.3, 0.4) is 0 Å². The van der Waals surface area contributed by atoms with Gasteiger partial charge in [-0.1, -0.05) is 24.3 Å². The van der Waals surface area contributed by atoms with Crippen molar-refractivity contribution in [3.63, 3.8) is 0 Å². The summed E-state index contributed by atoms with van der Waals surface area (Å²) in [5.41, 5.74) is 7.85. The molecule has 14 heavy (non-hydrogen) atoms. The third kappa shape index (κ3) is 1.86. The van der Waals surface area contributed by atoms with Gasteiger partial charge in [0.25, 0.3) is 0 Å². The second-order valence-electron chi connectivity index (χ2n) is 3.21. The number of hydrogen-bond donors (Lipinski definition) is 1. The molecule has 0 aliphatic rings. The van der Waals surface area contributed by atoms with Crippen LogP contribution in [0.1, 0.15) is 5.56 Å². The molecule has 1 aromatic carbocycles. The lowest BCUT2D eigenvalue weighted by atomic mass is 10.1. The van der Waals surface area contributed by atoms with Crippen molar-refractivity contribution in [1.82, 2.24) is 0 Å². The van der Waals surface area contributed by atoms with Crippen LogP contribution in [0, 0.1) is 0 Å². The average Bonchev–Trinajstić information content (AvgIpc) is 2.72. The molecule has 0 aliphatic heterocycles. The van der Waals surface area contributed by atoms with Crippen LogP contribution in [0.25, 0.3) is 11.3 Å². The summed E-state index contributed by atoms with van der Waals surface area (Å²) >= 11 is 0. The molecule has 2 N–H and O–H groups in total. The van der Waals surface area contributed by atoms with Gasteiger partial charge < -0.3 is 10.2 Å². The number of rotatable bonds is 3. The summed E-state index contributed by atoms with van der Waals surface area (Å²) in [4.78, 5) is 0. The Balaban J connectivity index is 2.22. The molecule has 2 nitrogen and oxygen atoms in total. The molecule has 2 heteroatoms. The Labute approximate surface area is 83.4 Å². The summed E-state index contributed by atoms with van der Waals surface area (Å²) in [5.74, 6) is 0.907. The predicted molar refractivity (Wildman–Crippen MR) is 56.9 cm³/mol. The van der Waals surface area contributed by atoms with E-state index in [1.54, 1.807) is 6.26 Å². The Morgan fingerprint density at radius 1 is 1.07 bits per heavy atom. The van der Waals surface area contributed by atoms with E-state index in [1.807, 2.05) is 12.1 Å². The first kappa shape index (κ1) is 9.03. The number of nitrogens with two attached hydrogens (primary N) is 1. The predicted octanol–water partition coefficient (Wildman–Crippen LogP) is 2.45. The molecular formula is C12H13NO. The highest BCUT2D eigenvalue weighted by atomic mass is 16.3. The van der Waals surface area contributed by atoms with Crippen molar-refractivity contribution in [2.75, 3.05) is 6.54 Å². The molecular weight excluding hydrogens is 174 g/mol. The van der Waals surface area contributed by atoms with E-state index in [0.29, 0.717) is 6.54 Å². The lowest BCUT2D eigenvalue weighted by molar-refractivity contribution is 0.582. The molecule has 2 rings (SSSR count). The van der Waals surface area contributed by atoms with E-state index in [-0.39, 0.29) is 0 Å². The smallest absolute Gasteiger partial charge is 0.133 e. The van der Waals surface area contributed by atoms with Gasteiger partial charge in [0.05, 0.1) is 6.26 Å². The number of benzene rings is 1. The van der Waals surface area contributed by atoms with E-state index in [2.05, 4.69) is 24.3 Å². The first-order valence-electron chi connectivity index (χ1n) is 4.73. The lowest BCUT2D eigenvalue weighted by Crippen LogP contribution is -2.02. The summed E-state index contributed by atoms with van der Waals surface area (Å²) in [6.07, 6.45) is 2.61. The zero-order valence-electron chi connectivity index (χ0n) is 7.94. The van der Waals surface area contributed by atoms with Crippen LogP contribution in [-0.2, 0) is 6.42 Å². The topological polar surface area (TPSA) is 39.2 Å². The molecule has 0 aliphatic carbocycles. The van der Waals surface area contributed by atoms with Gasteiger partial charge in [-0.15, -0.1) is 0 Å². The van der Waals surface area contributed by atoms with Crippen molar-refractivity contribution in [2.24, 2.45) is 5.73 Å². The maximum absolute atomic E-state index is 5.47. The van der Waals surface area contributed by atoms with Crippen LogP contribution >= 0.6 is 0 Å². The average molecular weight is 187 g/mol. The SMILES string of the molecule is NCCc1ccc(-c2ccco2)cc1. The summed E-state index contributed by atoms with van der Waals surface area (Å²) in [6, 6.07) is 12.1. The first-order chi connectivity index (χ1) is 6.90. The van der Waals surface area contributed by atoms with Gasteiger partial charge in [-0.2, -0.15) is 0 Å². The molecule has 0 saturated heterocycles. The molecule has 0 bridgehead atoms. The fourth-order valence-electron chi connectivity index (χ4n) is 1.45. The molecule has 0 radical (unpaired) electrons. The normalized spacial score (nSPS) is 10.4. The van der Waals surface area contributed by atoms with Crippen LogP contribution in [-0.4, -0.2) is 6.54 Å². The lowest BCUT2D eigenvalue weighted by Gasteiger charge is -2.00. The highest BCUT2D eigenvalue weighted by Gasteiger charge is 1.99. The molecule has 1 heterocycles. The van der Waals surface area contributed by atoms with E-state index < -0.39 is 0 Å². The van der Waals surface area contributed by atoms with Gasteiger partial charge >= 0.3 is 0 Å². The minimum Gasteiger partial charge on any atom is -0.464 e. The van der Waals surface area contributed by atoms with Crippen molar-refractivity contribution in [3.05, 3.63) is 48.2 Å². The van der Waals surface area contributed by atoms with E-state index in [0.717, 1.165) is 17.7 Å². The van der Waals surface area contributed by atoms with E-state index in [9.17, 15) is 0 Å². The monoisotopic (exact) mass is 187 g/mol. The Morgan fingerprint density at radius 3 is 2.43 bits per heavy atom. The Kier molecular flexibility index (Phi) is 2.65. The standard InChI is InChI=1S/C12H13NO/c13-8-7-10-3-5-11(6-4-10)12-2-1-9-14-12/h1-6,9H,7-8,13H2. The summed E-state index contributed by atoms with van der Waals surface area (Å²) in [7, 11) is 0. The third-order valence-corrected chi connectivity index (χ3v) is 2.19. The van der Waals surface area contributed by atoms with Crippen molar-refractivity contribution in [2.45, 2.75) is 6.42 Å². The molecule has 0 amide bonds.